The molecular weight excluding hydrogens is 266 g/mol. The summed E-state index contributed by atoms with van der Waals surface area (Å²) in [5.41, 5.74) is 1.03. The van der Waals surface area contributed by atoms with E-state index in [4.69, 9.17) is 9.47 Å². The Morgan fingerprint density at radius 2 is 1.90 bits per heavy atom. The van der Waals surface area contributed by atoms with Gasteiger partial charge in [-0.2, -0.15) is 0 Å². The SMILES string of the molecule is O=C(/C=C/c1ccccc1)N1CCCCC1C1OCCO1. The van der Waals surface area contributed by atoms with Gasteiger partial charge in [-0.15, -0.1) is 0 Å². The Hall–Kier alpha value is -1.65. The van der Waals surface area contributed by atoms with Crippen LogP contribution in [0.2, 0.25) is 0 Å². The van der Waals surface area contributed by atoms with Crippen molar-refractivity contribution in [1.29, 1.82) is 0 Å². The molecule has 1 atom stereocenters. The first kappa shape index (κ1) is 14.3. The van der Waals surface area contributed by atoms with Crippen molar-refractivity contribution in [3.63, 3.8) is 0 Å². The maximum absolute atomic E-state index is 12.5. The number of likely N-dealkylation sites (tertiary alicyclic amines) is 1. The summed E-state index contributed by atoms with van der Waals surface area (Å²) in [6.45, 7) is 2.04. The summed E-state index contributed by atoms with van der Waals surface area (Å²) < 4.78 is 11.2. The molecule has 0 N–H and O–H groups in total. The van der Waals surface area contributed by atoms with Crippen LogP contribution in [0.15, 0.2) is 36.4 Å². The van der Waals surface area contributed by atoms with Crippen LogP contribution in [0.25, 0.3) is 6.08 Å². The lowest BCUT2D eigenvalue weighted by Gasteiger charge is -2.37. The predicted molar refractivity (Wildman–Crippen MR) is 80.5 cm³/mol. The van der Waals surface area contributed by atoms with Gasteiger partial charge >= 0.3 is 0 Å². The normalized spacial score (nSPS) is 23.8. The quantitative estimate of drug-likeness (QED) is 0.802. The number of amides is 1. The fourth-order valence-corrected chi connectivity index (χ4v) is 2.94. The van der Waals surface area contributed by atoms with Crippen molar-refractivity contribution in [1.82, 2.24) is 4.90 Å². The summed E-state index contributed by atoms with van der Waals surface area (Å²) in [4.78, 5) is 14.4. The van der Waals surface area contributed by atoms with Crippen molar-refractivity contribution in [2.45, 2.75) is 31.6 Å². The molecule has 21 heavy (non-hydrogen) atoms. The standard InChI is InChI=1S/C17H21NO3/c19-16(10-9-14-6-2-1-3-7-14)18-11-5-4-8-15(18)17-20-12-13-21-17/h1-3,6-7,9-10,15,17H,4-5,8,11-13H2/b10-9+. The molecule has 2 heterocycles. The molecule has 3 rings (SSSR count). The Labute approximate surface area is 125 Å². The van der Waals surface area contributed by atoms with Crippen LogP contribution in [0.5, 0.6) is 0 Å². The number of carbonyl (C=O) groups excluding carboxylic acids is 1. The van der Waals surface area contributed by atoms with Gasteiger partial charge in [-0.25, -0.2) is 0 Å². The van der Waals surface area contributed by atoms with Gasteiger partial charge in [-0.1, -0.05) is 30.3 Å². The number of hydrogen-bond donors (Lipinski definition) is 0. The third-order valence-electron chi connectivity index (χ3n) is 4.01. The van der Waals surface area contributed by atoms with Crippen LogP contribution in [0.1, 0.15) is 24.8 Å². The van der Waals surface area contributed by atoms with Crippen LogP contribution in [0, 0.1) is 0 Å². The zero-order chi connectivity index (χ0) is 14.5. The van der Waals surface area contributed by atoms with E-state index in [-0.39, 0.29) is 18.2 Å². The molecule has 2 saturated heterocycles. The highest BCUT2D eigenvalue weighted by atomic mass is 16.7. The smallest absolute Gasteiger partial charge is 0.246 e. The zero-order valence-corrected chi connectivity index (χ0v) is 12.1. The van der Waals surface area contributed by atoms with Gasteiger partial charge in [-0.3, -0.25) is 4.79 Å². The highest BCUT2D eigenvalue weighted by molar-refractivity contribution is 5.92. The molecule has 2 aliphatic rings. The molecule has 4 nitrogen and oxygen atoms in total. The number of rotatable bonds is 3. The topological polar surface area (TPSA) is 38.8 Å². The van der Waals surface area contributed by atoms with Gasteiger partial charge in [0.15, 0.2) is 6.29 Å². The van der Waals surface area contributed by atoms with E-state index < -0.39 is 0 Å². The fourth-order valence-electron chi connectivity index (χ4n) is 2.94. The lowest BCUT2D eigenvalue weighted by atomic mass is 10.0. The molecule has 1 amide bonds. The molecular formula is C17H21NO3. The molecule has 0 spiro atoms. The molecule has 1 aromatic rings. The number of benzene rings is 1. The maximum atomic E-state index is 12.5. The van der Waals surface area contributed by atoms with Crippen molar-refractivity contribution < 1.29 is 14.3 Å². The largest absolute Gasteiger partial charge is 0.348 e. The first-order valence-corrected chi connectivity index (χ1v) is 7.61. The number of piperidine rings is 1. The average molecular weight is 287 g/mol. The van der Waals surface area contributed by atoms with Crippen LogP contribution in [0.3, 0.4) is 0 Å². The molecule has 2 fully saturated rings. The molecule has 0 bridgehead atoms. The van der Waals surface area contributed by atoms with Crippen molar-refractivity contribution >= 4 is 12.0 Å². The Morgan fingerprint density at radius 1 is 1.14 bits per heavy atom. The molecule has 0 saturated carbocycles. The Bertz CT molecular complexity index is 494. The summed E-state index contributed by atoms with van der Waals surface area (Å²) in [6, 6.07) is 9.92. The van der Waals surface area contributed by atoms with Gasteiger partial charge in [0, 0.05) is 12.6 Å². The van der Waals surface area contributed by atoms with Crippen molar-refractivity contribution in [3.8, 4) is 0 Å². The van der Waals surface area contributed by atoms with E-state index in [1.807, 2.05) is 41.3 Å². The van der Waals surface area contributed by atoms with Crippen LogP contribution >= 0.6 is 0 Å². The van der Waals surface area contributed by atoms with E-state index in [2.05, 4.69) is 0 Å². The fraction of sp³-hybridized carbons (Fsp3) is 0.471. The van der Waals surface area contributed by atoms with E-state index >= 15 is 0 Å². The van der Waals surface area contributed by atoms with E-state index in [1.54, 1.807) is 6.08 Å². The van der Waals surface area contributed by atoms with Gasteiger partial charge in [0.1, 0.15) is 0 Å². The third-order valence-corrected chi connectivity index (χ3v) is 4.01. The lowest BCUT2D eigenvalue weighted by molar-refractivity contribution is -0.145. The third kappa shape index (κ3) is 3.52. The second-order valence-corrected chi connectivity index (χ2v) is 5.45. The van der Waals surface area contributed by atoms with Gasteiger partial charge in [-0.05, 0) is 30.9 Å². The second kappa shape index (κ2) is 6.87. The molecule has 112 valence electrons. The van der Waals surface area contributed by atoms with E-state index in [1.165, 1.54) is 0 Å². The summed E-state index contributed by atoms with van der Waals surface area (Å²) in [5, 5.41) is 0. The summed E-state index contributed by atoms with van der Waals surface area (Å²) in [6.07, 6.45) is 6.40. The number of hydrogen-bond acceptors (Lipinski definition) is 3. The highest BCUT2D eigenvalue weighted by Gasteiger charge is 2.35. The molecule has 1 unspecified atom stereocenters. The van der Waals surface area contributed by atoms with Crippen molar-refractivity contribution in [3.05, 3.63) is 42.0 Å². The number of ether oxygens (including phenoxy) is 2. The zero-order valence-electron chi connectivity index (χ0n) is 12.1. The summed E-state index contributed by atoms with van der Waals surface area (Å²) in [7, 11) is 0. The monoisotopic (exact) mass is 287 g/mol. The molecule has 0 radical (unpaired) electrons. The van der Waals surface area contributed by atoms with E-state index in [0.29, 0.717) is 13.2 Å². The van der Waals surface area contributed by atoms with Crippen LogP contribution in [0.4, 0.5) is 0 Å². The average Bonchev–Trinajstić information content (AvgIpc) is 3.08. The number of nitrogens with zero attached hydrogens (tertiary/aromatic N) is 1. The first-order chi connectivity index (χ1) is 10.3. The van der Waals surface area contributed by atoms with Crippen molar-refractivity contribution in [2.75, 3.05) is 19.8 Å². The highest BCUT2D eigenvalue weighted by Crippen LogP contribution is 2.24. The Kier molecular flexibility index (Phi) is 4.68. The minimum Gasteiger partial charge on any atom is -0.348 e. The summed E-state index contributed by atoms with van der Waals surface area (Å²) >= 11 is 0. The molecule has 4 heteroatoms. The molecule has 0 aliphatic carbocycles. The van der Waals surface area contributed by atoms with E-state index in [9.17, 15) is 4.79 Å². The summed E-state index contributed by atoms with van der Waals surface area (Å²) in [5.74, 6) is 0.0441. The number of carbonyl (C=O) groups is 1. The van der Waals surface area contributed by atoms with Crippen LogP contribution in [-0.4, -0.2) is 42.9 Å². The Morgan fingerprint density at radius 3 is 2.67 bits per heavy atom. The van der Waals surface area contributed by atoms with Crippen molar-refractivity contribution in [2.24, 2.45) is 0 Å². The molecule has 1 aromatic carbocycles. The Balaban J connectivity index is 1.67. The maximum Gasteiger partial charge on any atom is 0.246 e. The molecule has 0 aromatic heterocycles. The first-order valence-electron chi connectivity index (χ1n) is 7.61. The second-order valence-electron chi connectivity index (χ2n) is 5.45. The minimum atomic E-state index is -0.251. The lowest BCUT2D eigenvalue weighted by Crippen LogP contribution is -2.49. The minimum absolute atomic E-state index is 0.0441. The van der Waals surface area contributed by atoms with Gasteiger partial charge < -0.3 is 14.4 Å². The van der Waals surface area contributed by atoms with E-state index in [0.717, 1.165) is 31.4 Å². The van der Waals surface area contributed by atoms with Gasteiger partial charge in [0.05, 0.1) is 19.3 Å². The van der Waals surface area contributed by atoms with Gasteiger partial charge in [0.25, 0.3) is 0 Å². The van der Waals surface area contributed by atoms with Crippen LogP contribution in [-0.2, 0) is 14.3 Å². The molecule has 2 aliphatic heterocycles. The predicted octanol–water partition coefficient (Wildman–Crippen LogP) is 2.45. The van der Waals surface area contributed by atoms with Crippen LogP contribution < -0.4 is 0 Å². The van der Waals surface area contributed by atoms with Gasteiger partial charge in [0.2, 0.25) is 5.91 Å².